The summed E-state index contributed by atoms with van der Waals surface area (Å²) < 4.78 is 11.0. The molecular weight excluding hydrogens is 240 g/mol. The molecule has 0 aliphatic carbocycles. The molecule has 1 N–H and O–H groups in total. The van der Waals surface area contributed by atoms with Crippen LogP contribution in [0.5, 0.6) is 5.75 Å². The number of para-hydroxylation sites is 1. The normalized spacial score (nSPS) is 10.7. The predicted molar refractivity (Wildman–Crippen MR) is 74.1 cm³/mol. The maximum absolute atomic E-state index is 5.90. The van der Waals surface area contributed by atoms with Crippen molar-refractivity contribution in [3.63, 3.8) is 0 Å². The summed E-state index contributed by atoms with van der Waals surface area (Å²) in [6.45, 7) is 8.17. The number of hydrogen-bond acceptors (Lipinski definition) is 4. The molecule has 2 rings (SSSR count). The lowest BCUT2D eigenvalue weighted by Crippen LogP contribution is -2.12. The zero-order valence-electron chi connectivity index (χ0n) is 11.7. The highest BCUT2D eigenvalue weighted by atomic mass is 16.5. The van der Waals surface area contributed by atoms with Gasteiger partial charge in [-0.1, -0.05) is 30.3 Å². The summed E-state index contributed by atoms with van der Waals surface area (Å²) in [5, 5.41) is 7.24. The van der Waals surface area contributed by atoms with Crippen molar-refractivity contribution in [1.82, 2.24) is 10.5 Å². The molecule has 2 aromatic rings. The SMILES string of the molecule is CCNCc1ccccc1OCc1c(C)noc1C. The maximum Gasteiger partial charge on any atom is 0.140 e. The Labute approximate surface area is 113 Å². The fourth-order valence-corrected chi connectivity index (χ4v) is 1.91. The second kappa shape index (κ2) is 6.38. The largest absolute Gasteiger partial charge is 0.488 e. The minimum Gasteiger partial charge on any atom is -0.488 e. The molecule has 0 amide bonds. The Morgan fingerprint density at radius 3 is 2.74 bits per heavy atom. The van der Waals surface area contributed by atoms with Crippen LogP contribution in [-0.4, -0.2) is 11.7 Å². The molecule has 0 radical (unpaired) electrons. The monoisotopic (exact) mass is 260 g/mol. The van der Waals surface area contributed by atoms with E-state index in [4.69, 9.17) is 9.26 Å². The molecule has 0 bridgehead atoms. The number of hydrogen-bond donors (Lipinski definition) is 1. The number of nitrogens with zero attached hydrogens (tertiary/aromatic N) is 1. The van der Waals surface area contributed by atoms with Crippen LogP contribution >= 0.6 is 0 Å². The van der Waals surface area contributed by atoms with Gasteiger partial charge in [-0.05, 0) is 26.5 Å². The van der Waals surface area contributed by atoms with E-state index in [-0.39, 0.29) is 0 Å². The molecule has 1 aromatic heterocycles. The van der Waals surface area contributed by atoms with Crippen molar-refractivity contribution in [2.75, 3.05) is 6.54 Å². The second-order valence-electron chi connectivity index (χ2n) is 4.48. The Morgan fingerprint density at radius 2 is 2.05 bits per heavy atom. The van der Waals surface area contributed by atoms with Gasteiger partial charge in [-0.15, -0.1) is 0 Å². The molecule has 0 aliphatic rings. The summed E-state index contributed by atoms with van der Waals surface area (Å²) >= 11 is 0. The number of aromatic nitrogens is 1. The molecule has 0 saturated heterocycles. The average Bonchev–Trinajstić information content (AvgIpc) is 2.74. The van der Waals surface area contributed by atoms with E-state index in [0.717, 1.165) is 41.4 Å². The number of benzene rings is 1. The molecule has 102 valence electrons. The van der Waals surface area contributed by atoms with Crippen molar-refractivity contribution in [2.24, 2.45) is 0 Å². The van der Waals surface area contributed by atoms with Gasteiger partial charge in [0.05, 0.1) is 11.3 Å². The zero-order valence-corrected chi connectivity index (χ0v) is 11.7. The summed E-state index contributed by atoms with van der Waals surface area (Å²) in [5.74, 6) is 1.73. The Balaban J connectivity index is 2.07. The van der Waals surface area contributed by atoms with E-state index in [1.165, 1.54) is 0 Å². The van der Waals surface area contributed by atoms with E-state index >= 15 is 0 Å². The van der Waals surface area contributed by atoms with Crippen molar-refractivity contribution in [3.8, 4) is 5.75 Å². The molecular formula is C15H20N2O2. The predicted octanol–water partition coefficient (Wildman–Crippen LogP) is 2.98. The number of ether oxygens (including phenoxy) is 1. The van der Waals surface area contributed by atoms with E-state index in [9.17, 15) is 0 Å². The third-order valence-electron chi connectivity index (χ3n) is 3.09. The lowest BCUT2D eigenvalue weighted by atomic mass is 10.2. The van der Waals surface area contributed by atoms with Crippen molar-refractivity contribution >= 4 is 0 Å². The molecule has 0 saturated carbocycles. The van der Waals surface area contributed by atoms with E-state index in [1.807, 2.05) is 32.0 Å². The highest BCUT2D eigenvalue weighted by molar-refractivity contribution is 5.33. The highest BCUT2D eigenvalue weighted by Gasteiger charge is 2.10. The molecule has 0 spiro atoms. The quantitative estimate of drug-likeness (QED) is 0.867. The van der Waals surface area contributed by atoms with E-state index < -0.39 is 0 Å². The fraction of sp³-hybridized carbons (Fsp3) is 0.400. The van der Waals surface area contributed by atoms with Crippen molar-refractivity contribution in [3.05, 3.63) is 46.8 Å². The minimum absolute atomic E-state index is 0.490. The van der Waals surface area contributed by atoms with Gasteiger partial charge in [0.15, 0.2) is 0 Å². The van der Waals surface area contributed by atoms with Gasteiger partial charge in [-0.2, -0.15) is 0 Å². The van der Waals surface area contributed by atoms with E-state index in [1.54, 1.807) is 0 Å². The van der Waals surface area contributed by atoms with Gasteiger partial charge in [0.2, 0.25) is 0 Å². The second-order valence-corrected chi connectivity index (χ2v) is 4.48. The fourth-order valence-electron chi connectivity index (χ4n) is 1.91. The number of rotatable bonds is 6. The van der Waals surface area contributed by atoms with Gasteiger partial charge in [0, 0.05) is 12.1 Å². The maximum atomic E-state index is 5.90. The average molecular weight is 260 g/mol. The van der Waals surface area contributed by atoms with Crippen LogP contribution in [0.1, 0.15) is 29.5 Å². The van der Waals surface area contributed by atoms with Gasteiger partial charge in [0.25, 0.3) is 0 Å². The standard InChI is InChI=1S/C15H20N2O2/c1-4-16-9-13-7-5-6-8-15(13)18-10-14-11(2)17-19-12(14)3/h5-8,16H,4,9-10H2,1-3H3. The first kappa shape index (κ1) is 13.6. The summed E-state index contributed by atoms with van der Waals surface area (Å²) in [6, 6.07) is 8.07. The smallest absolute Gasteiger partial charge is 0.140 e. The first-order chi connectivity index (χ1) is 9.22. The van der Waals surface area contributed by atoms with Crippen LogP contribution in [-0.2, 0) is 13.2 Å². The summed E-state index contributed by atoms with van der Waals surface area (Å²) in [6.07, 6.45) is 0. The minimum atomic E-state index is 0.490. The van der Waals surface area contributed by atoms with Crippen LogP contribution in [0.15, 0.2) is 28.8 Å². The molecule has 0 unspecified atom stereocenters. The highest BCUT2D eigenvalue weighted by Crippen LogP contribution is 2.21. The van der Waals surface area contributed by atoms with Gasteiger partial charge < -0.3 is 14.6 Å². The zero-order chi connectivity index (χ0) is 13.7. The van der Waals surface area contributed by atoms with Gasteiger partial charge in [-0.25, -0.2) is 0 Å². The van der Waals surface area contributed by atoms with Crippen LogP contribution in [0, 0.1) is 13.8 Å². The molecule has 19 heavy (non-hydrogen) atoms. The van der Waals surface area contributed by atoms with Crippen LogP contribution in [0.2, 0.25) is 0 Å². The first-order valence-corrected chi connectivity index (χ1v) is 6.55. The lowest BCUT2D eigenvalue weighted by Gasteiger charge is -2.11. The third kappa shape index (κ3) is 3.35. The Hall–Kier alpha value is -1.81. The molecule has 1 aromatic carbocycles. The van der Waals surface area contributed by atoms with Crippen LogP contribution < -0.4 is 10.1 Å². The van der Waals surface area contributed by atoms with Crippen molar-refractivity contribution in [2.45, 2.75) is 33.9 Å². The summed E-state index contributed by atoms with van der Waals surface area (Å²) in [4.78, 5) is 0. The molecule has 0 fully saturated rings. The van der Waals surface area contributed by atoms with Crippen LogP contribution in [0.25, 0.3) is 0 Å². The van der Waals surface area contributed by atoms with E-state index in [2.05, 4.69) is 23.5 Å². The third-order valence-corrected chi connectivity index (χ3v) is 3.09. The number of nitrogens with one attached hydrogen (secondary N) is 1. The summed E-state index contributed by atoms with van der Waals surface area (Å²) in [7, 11) is 0. The molecule has 4 nitrogen and oxygen atoms in total. The summed E-state index contributed by atoms with van der Waals surface area (Å²) in [5.41, 5.74) is 3.08. The van der Waals surface area contributed by atoms with Crippen molar-refractivity contribution in [1.29, 1.82) is 0 Å². The van der Waals surface area contributed by atoms with Crippen molar-refractivity contribution < 1.29 is 9.26 Å². The van der Waals surface area contributed by atoms with Gasteiger partial charge in [-0.3, -0.25) is 0 Å². The molecule has 4 heteroatoms. The molecule has 0 atom stereocenters. The van der Waals surface area contributed by atoms with Crippen LogP contribution in [0.4, 0.5) is 0 Å². The Kier molecular flexibility index (Phi) is 4.58. The first-order valence-electron chi connectivity index (χ1n) is 6.55. The Morgan fingerprint density at radius 1 is 1.26 bits per heavy atom. The Bertz CT molecular complexity index is 515. The molecule has 1 heterocycles. The van der Waals surface area contributed by atoms with Crippen LogP contribution in [0.3, 0.4) is 0 Å². The van der Waals surface area contributed by atoms with Gasteiger partial charge >= 0.3 is 0 Å². The number of aryl methyl sites for hydroxylation is 2. The van der Waals surface area contributed by atoms with E-state index in [0.29, 0.717) is 6.61 Å². The van der Waals surface area contributed by atoms with Gasteiger partial charge in [0.1, 0.15) is 18.1 Å². The topological polar surface area (TPSA) is 47.3 Å². The molecule has 0 aliphatic heterocycles. The lowest BCUT2D eigenvalue weighted by molar-refractivity contribution is 0.298.